The smallest absolute Gasteiger partial charge is 0.311 e. The minimum absolute atomic E-state index is 0.0834. The van der Waals surface area contributed by atoms with Crippen LogP contribution in [0.3, 0.4) is 0 Å². The Morgan fingerprint density at radius 2 is 2.25 bits per heavy atom. The molecule has 0 aromatic carbocycles. The van der Waals surface area contributed by atoms with Gasteiger partial charge in [-0.3, -0.25) is 4.79 Å². The van der Waals surface area contributed by atoms with E-state index in [1.54, 1.807) is 6.07 Å². The summed E-state index contributed by atoms with van der Waals surface area (Å²) in [7, 11) is 0. The van der Waals surface area contributed by atoms with E-state index in [4.69, 9.17) is 9.52 Å². The zero-order valence-corrected chi connectivity index (χ0v) is 7.15. The molecule has 0 radical (unpaired) electrons. The summed E-state index contributed by atoms with van der Waals surface area (Å²) < 4.78 is 4.83. The second kappa shape index (κ2) is 3.43. The predicted molar refractivity (Wildman–Crippen MR) is 43.9 cm³/mol. The van der Waals surface area contributed by atoms with Gasteiger partial charge in [-0.2, -0.15) is 0 Å². The molecule has 66 valence electrons. The van der Waals surface area contributed by atoms with Gasteiger partial charge in [0.25, 0.3) is 0 Å². The molecule has 1 aromatic rings. The van der Waals surface area contributed by atoms with Crippen LogP contribution in [0.25, 0.3) is 0 Å². The second-order valence-electron chi connectivity index (χ2n) is 3.12. The average molecular weight is 168 g/mol. The van der Waals surface area contributed by atoms with Crippen molar-refractivity contribution in [2.24, 2.45) is 5.92 Å². The monoisotopic (exact) mass is 168 g/mol. The summed E-state index contributed by atoms with van der Waals surface area (Å²) in [4.78, 5) is 10.8. The largest absolute Gasteiger partial charge is 0.481 e. The minimum atomic E-state index is -0.800. The zero-order chi connectivity index (χ0) is 9.14. The topological polar surface area (TPSA) is 50.4 Å². The molecule has 1 aromatic heterocycles. The first kappa shape index (κ1) is 8.84. The molecule has 3 heteroatoms. The number of carbonyl (C=O) groups is 1. The molecule has 1 N–H and O–H groups in total. The third-order valence-corrected chi connectivity index (χ3v) is 1.84. The standard InChI is InChI=1S/C9H12O3/c1-6(2)8(9(10)11)7-3-4-12-5-7/h3-6,8H,1-2H3,(H,10,11). The fourth-order valence-corrected chi connectivity index (χ4v) is 1.26. The van der Waals surface area contributed by atoms with Crippen LogP contribution in [0.1, 0.15) is 25.3 Å². The van der Waals surface area contributed by atoms with Crippen molar-refractivity contribution in [2.75, 3.05) is 0 Å². The fourth-order valence-electron chi connectivity index (χ4n) is 1.26. The number of aliphatic carboxylic acids is 1. The highest BCUT2D eigenvalue weighted by atomic mass is 16.4. The van der Waals surface area contributed by atoms with Gasteiger partial charge >= 0.3 is 5.97 Å². The van der Waals surface area contributed by atoms with E-state index in [0.717, 1.165) is 5.56 Å². The third-order valence-electron chi connectivity index (χ3n) is 1.84. The molecule has 1 atom stereocenters. The minimum Gasteiger partial charge on any atom is -0.481 e. The SMILES string of the molecule is CC(C)C(C(=O)O)c1ccoc1. The lowest BCUT2D eigenvalue weighted by Crippen LogP contribution is -2.16. The van der Waals surface area contributed by atoms with E-state index in [9.17, 15) is 4.79 Å². The van der Waals surface area contributed by atoms with Crippen LogP contribution < -0.4 is 0 Å². The van der Waals surface area contributed by atoms with Crippen LogP contribution in [0.5, 0.6) is 0 Å². The first-order chi connectivity index (χ1) is 5.63. The normalized spacial score (nSPS) is 13.2. The van der Waals surface area contributed by atoms with Crippen LogP contribution in [-0.4, -0.2) is 11.1 Å². The van der Waals surface area contributed by atoms with Gasteiger partial charge in [0.15, 0.2) is 0 Å². The summed E-state index contributed by atoms with van der Waals surface area (Å²) in [5, 5.41) is 8.87. The highest BCUT2D eigenvalue weighted by Gasteiger charge is 2.24. The molecule has 0 fully saturated rings. The predicted octanol–water partition coefficient (Wildman–Crippen LogP) is 2.10. The van der Waals surface area contributed by atoms with Gasteiger partial charge in [-0.25, -0.2) is 0 Å². The Hall–Kier alpha value is -1.25. The summed E-state index contributed by atoms with van der Waals surface area (Å²) >= 11 is 0. The maximum atomic E-state index is 10.8. The summed E-state index contributed by atoms with van der Waals surface area (Å²) in [6, 6.07) is 1.69. The molecule has 0 saturated carbocycles. The summed E-state index contributed by atoms with van der Waals surface area (Å²) in [5.41, 5.74) is 0.734. The van der Waals surface area contributed by atoms with E-state index >= 15 is 0 Å². The van der Waals surface area contributed by atoms with Crippen molar-refractivity contribution in [3.05, 3.63) is 24.2 Å². The highest BCUT2D eigenvalue weighted by Crippen LogP contribution is 2.24. The lowest BCUT2D eigenvalue weighted by molar-refractivity contribution is -0.139. The van der Waals surface area contributed by atoms with Gasteiger partial charge in [-0.1, -0.05) is 13.8 Å². The molecule has 3 nitrogen and oxygen atoms in total. The Kier molecular flexibility index (Phi) is 2.53. The molecule has 0 amide bonds. The molecule has 1 unspecified atom stereocenters. The third kappa shape index (κ3) is 1.67. The quantitative estimate of drug-likeness (QED) is 0.751. The molecule has 0 aliphatic heterocycles. The highest BCUT2D eigenvalue weighted by molar-refractivity contribution is 5.76. The van der Waals surface area contributed by atoms with E-state index in [-0.39, 0.29) is 5.92 Å². The first-order valence-electron chi connectivity index (χ1n) is 3.88. The van der Waals surface area contributed by atoms with E-state index < -0.39 is 11.9 Å². The Balaban J connectivity index is 2.88. The van der Waals surface area contributed by atoms with Gasteiger partial charge in [0.2, 0.25) is 0 Å². The van der Waals surface area contributed by atoms with Crippen molar-refractivity contribution in [3.8, 4) is 0 Å². The lowest BCUT2D eigenvalue weighted by atomic mass is 9.90. The number of carboxylic acid groups (broad SMARTS) is 1. The Morgan fingerprint density at radius 3 is 2.58 bits per heavy atom. The maximum Gasteiger partial charge on any atom is 0.311 e. The van der Waals surface area contributed by atoms with Gasteiger partial charge in [-0.05, 0) is 12.0 Å². The molecule has 1 rings (SSSR count). The van der Waals surface area contributed by atoms with E-state index in [0.29, 0.717) is 0 Å². The van der Waals surface area contributed by atoms with E-state index in [1.807, 2.05) is 13.8 Å². The van der Waals surface area contributed by atoms with E-state index in [2.05, 4.69) is 0 Å². The molecule has 12 heavy (non-hydrogen) atoms. The van der Waals surface area contributed by atoms with Crippen LogP contribution in [0.15, 0.2) is 23.0 Å². The molecule has 0 saturated heterocycles. The molecule has 0 aliphatic rings. The molecule has 0 bridgehead atoms. The van der Waals surface area contributed by atoms with Crippen LogP contribution in [0.4, 0.5) is 0 Å². The number of hydrogen-bond acceptors (Lipinski definition) is 2. The van der Waals surface area contributed by atoms with Crippen molar-refractivity contribution < 1.29 is 14.3 Å². The van der Waals surface area contributed by atoms with Crippen LogP contribution in [0, 0.1) is 5.92 Å². The van der Waals surface area contributed by atoms with Gasteiger partial charge in [0.05, 0.1) is 18.4 Å². The summed E-state index contributed by atoms with van der Waals surface area (Å²) in [6.45, 7) is 3.76. The summed E-state index contributed by atoms with van der Waals surface area (Å²) in [5.74, 6) is -1.17. The van der Waals surface area contributed by atoms with Gasteiger partial charge in [0, 0.05) is 5.56 Å². The van der Waals surface area contributed by atoms with Gasteiger partial charge < -0.3 is 9.52 Å². The first-order valence-corrected chi connectivity index (χ1v) is 3.88. The zero-order valence-electron chi connectivity index (χ0n) is 7.15. The average Bonchev–Trinajstić information content (AvgIpc) is 2.37. The van der Waals surface area contributed by atoms with Crippen molar-refractivity contribution >= 4 is 5.97 Å². The fraction of sp³-hybridized carbons (Fsp3) is 0.444. The van der Waals surface area contributed by atoms with Gasteiger partial charge in [0.1, 0.15) is 0 Å². The number of hydrogen-bond donors (Lipinski definition) is 1. The number of furan rings is 1. The molecule has 0 aliphatic carbocycles. The second-order valence-corrected chi connectivity index (χ2v) is 3.12. The Morgan fingerprint density at radius 1 is 1.58 bits per heavy atom. The van der Waals surface area contributed by atoms with E-state index in [1.165, 1.54) is 12.5 Å². The number of carboxylic acids is 1. The molecular formula is C9H12O3. The molecule has 0 spiro atoms. The molecule has 1 heterocycles. The van der Waals surface area contributed by atoms with Crippen molar-refractivity contribution in [3.63, 3.8) is 0 Å². The molecular weight excluding hydrogens is 156 g/mol. The number of rotatable bonds is 3. The van der Waals surface area contributed by atoms with Crippen molar-refractivity contribution in [1.29, 1.82) is 0 Å². The van der Waals surface area contributed by atoms with Crippen molar-refractivity contribution in [2.45, 2.75) is 19.8 Å². The lowest BCUT2D eigenvalue weighted by Gasteiger charge is -2.13. The Bertz CT molecular complexity index is 249. The van der Waals surface area contributed by atoms with Gasteiger partial charge in [-0.15, -0.1) is 0 Å². The maximum absolute atomic E-state index is 10.8. The van der Waals surface area contributed by atoms with Crippen LogP contribution in [0.2, 0.25) is 0 Å². The Labute approximate surface area is 71.0 Å². The summed E-state index contributed by atoms with van der Waals surface area (Å²) in [6.07, 6.45) is 2.98. The van der Waals surface area contributed by atoms with Crippen molar-refractivity contribution in [1.82, 2.24) is 0 Å². The van der Waals surface area contributed by atoms with Crippen LogP contribution >= 0.6 is 0 Å². The van der Waals surface area contributed by atoms with Crippen LogP contribution in [-0.2, 0) is 4.79 Å².